The minimum atomic E-state index is 0.358. The number of nitrogens with one attached hydrogen (secondary N) is 2. The third-order valence-electron chi connectivity index (χ3n) is 3.77. The first-order chi connectivity index (χ1) is 12.1. The van der Waals surface area contributed by atoms with Crippen molar-refractivity contribution < 1.29 is 9.26 Å². The highest BCUT2D eigenvalue weighted by Gasteiger charge is 2.08. The number of ether oxygens (including phenoxy) is 1. The van der Waals surface area contributed by atoms with Crippen molar-refractivity contribution in [1.82, 2.24) is 15.8 Å². The van der Waals surface area contributed by atoms with Gasteiger partial charge in [-0.3, -0.25) is 0 Å². The summed E-state index contributed by atoms with van der Waals surface area (Å²) in [7, 11) is 1.70. The highest BCUT2D eigenvalue weighted by atomic mass is 16.5. The molecule has 0 aliphatic rings. The summed E-state index contributed by atoms with van der Waals surface area (Å²) in [5.41, 5.74) is 3.27. The Hall–Kier alpha value is -2.34. The van der Waals surface area contributed by atoms with Crippen LogP contribution in [0.5, 0.6) is 0 Å². The Bertz CT molecular complexity index is 680. The van der Waals surface area contributed by atoms with E-state index < -0.39 is 0 Å². The van der Waals surface area contributed by atoms with Crippen LogP contribution in [0, 0.1) is 0 Å². The fourth-order valence-electron chi connectivity index (χ4n) is 2.37. The maximum absolute atomic E-state index is 5.36. The predicted molar refractivity (Wildman–Crippen MR) is 99.4 cm³/mol. The molecule has 6 heteroatoms. The van der Waals surface area contributed by atoms with E-state index in [0.29, 0.717) is 25.6 Å². The molecular weight excluding hydrogens is 316 g/mol. The van der Waals surface area contributed by atoms with Gasteiger partial charge in [0.25, 0.3) is 0 Å². The van der Waals surface area contributed by atoms with Crippen LogP contribution in [-0.4, -0.2) is 24.8 Å². The lowest BCUT2D eigenvalue weighted by Gasteiger charge is -2.11. The molecular formula is C19H28N4O2. The van der Waals surface area contributed by atoms with E-state index in [9.17, 15) is 0 Å². The molecule has 0 aliphatic heterocycles. The maximum Gasteiger partial charge on any atom is 0.191 e. The van der Waals surface area contributed by atoms with Gasteiger partial charge in [0, 0.05) is 19.7 Å². The van der Waals surface area contributed by atoms with E-state index in [-0.39, 0.29) is 0 Å². The van der Waals surface area contributed by atoms with Gasteiger partial charge in [-0.2, -0.15) is 0 Å². The smallest absolute Gasteiger partial charge is 0.191 e. The fraction of sp³-hybridized carbons (Fsp3) is 0.474. The number of guanidine groups is 1. The zero-order valence-corrected chi connectivity index (χ0v) is 15.5. The molecule has 0 aliphatic carbocycles. The van der Waals surface area contributed by atoms with Gasteiger partial charge < -0.3 is 19.9 Å². The molecule has 136 valence electrons. The van der Waals surface area contributed by atoms with Gasteiger partial charge in [-0.15, -0.1) is 0 Å². The van der Waals surface area contributed by atoms with Gasteiger partial charge in [-0.05, 0) is 24.0 Å². The number of hydrogen-bond acceptors (Lipinski definition) is 4. The van der Waals surface area contributed by atoms with Crippen molar-refractivity contribution in [3.05, 3.63) is 52.9 Å². The second-order valence-electron chi connectivity index (χ2n) is 6.12. The molecule has 0 unspecified atom stereocenters. The second kappa shape index (κ2) is 9.84. The van der Waals surface area contributed by atoms with Gasteiger partial charge >= 0.3 is 0 Å². The average Bonchev–Trinajstić information content (AvgIpc) is 3.08. The lowest BCUT2D eigenvalue weighted by Crippen LogP contribution is -2.36. The lowest BCUT2D eigenvalue weighted by molar-refractivity contribution is 0.184. The van der Waals surface area contributed by atoms with Crippen LogP contribution >= 0.6 is 0 Å². The molecule has 1 heterocycles. The van der Waals surface area contributed by atoms with E-state index in [0.717, 1.165) is 35.1 Å². The maximum atomic E-state index is 5.36. The Kier molecular flexibility index (Phi) is 7.47. The van der Waals surface area contributed by atoms with E-state index >= 15 is 0 Å². The van der Waals surface area contributed by atoms with Crippen LogP contribution in [0.25, 0.3) is 0 Å². The van der Waals surface area contributed by atoms with E-state index in [4.69, 9.17) is 9.26 Å². The normalized spacial score (nSPS) is 11.8. The van der Waals surface area contributed by atoms with Crippen molar-refractivity contribution in [3.8, 4) is 0 Å². The predicted octanol–water partition coefficient (Wildman–Crippen LogP) is 3.20. The third kappa shape index (κ3) is 5.90. The van der Waals surface area contributed by atoms with Gasteiger partial charge in [0.15, 0.2) is 11.7 Å². The molecule has 0 bridgehead atoms. The monoisotopic (exact) mass is 344 g/mol. The average molecular weight is 344 g/mol. The van der Waals surface area contributed by atoms with Crippen LogP contribution < -0.4 is 10.6 Å². The third-order valence-corrected chi connectivity index (χ3v) is 3.77. The quantitative estimate of drug-likeness (QED) is 0.568. The molecule has 0 amide bonds. The van der Waals surface area contributed by atoms with Crippen molar-refractivity contribution >= 4 is 5.96 Å². The number of aromatic nitrogens is 1. The standard InChI is InChI=1S/C19H28N4O2/c1-5-20-19(22-12-17-10-18(14(2)3)23-25-17)21-11-15-8-6-7-9-16(15)13-24-4/h6-10,14H,5,11-13H2,1-4H3,(H2,20,21,22). The summed E-state index contributed by atoms with van der Waals surface area (Å²) >= 11 is 0. The highest BCUT2D eigenvalue weighted by molar-refractivity contribution is 5.79. The Morgan fingerprint density at radius 3 is 2.64 bits per heavy atom. The van der Waals surface area contributed by atoms with E-state index in [2.05, 4.69) is 46.8 Å². The van der Waals surface area contributed by atoms with Crippen molar-refractivity contribution in [2.75, 3.05) is 13.7 Å². The Morgan fingerprint density at radius 1 is 1.24 bits per heavy atom. The van der Waals surface area contributed by atoms with E-state index in [1.54, 1.807) is 7.11 Å². The molecule has 1 aromatic heterocycles. The van der Waals surface area contributed by atoms with Crippen molar-refractivity contribution in [2.24, 2.45) is 4.99 Å². The molecule has 0 saturated carbocycles. The molecule has 6 nitrogen and oxygen atoms in total. The molecule has 1 aromatic carbocycles. The first kappa shape index (κ1) is 19.0. The molecule has 0 atom stereocenters. The molecule has 0 spiro atoms. The van der Waals surface area contributed by atoms with Crippen LogP contribution in [-0.2, 0) is 24.4 Å². The summed E-state index contributed by atoms with van der Waals surface area (Å²) in [6.45, 7) is 8.75. The van der Waals surface area contributed by atoms with Crippen molar-refractivity contribution in [1.29, 1.82) is 0 Å². The Morgan fingerprint density at radius 2 is 2.00 bits per heavy atom. The number of aliphatic imine (C=N–C) groups is 1. The van der Waals surface area contributed by atoms with Gasteiger partial charge in [0.1, 0.15) is 0 Å². The molecule has 0 fully saturated rings. The van der Waals surface area contributed by atoms with Crippen LogP contribution in [0.15, 0.2) is 39.8 Å². The Balaban J connectivity index is 2.00. The van der Waals surface area contributed by atoms with Crippen LogP contribution in [0.4, 0.5) is 0 Å². The molecule has 0 radical (unpaired) electrons. The van der Waals surface area contributed by atoms with Crippen molar-refractivity contribution in [3.63, 3.8) is 0 Å². The first-order valence-corrected chi connectivity index (χ1v) is 8.67. The highest BCUT2D eigenvalue weighted by Crippen LogP contribution is 2.14. The molecule has 2 N–H and O–H groups in total. The van der Waals surface area contributed by atoms with Gasteiger partial charge in [-0.25, -0.2) is 4.99 Å². The van der Waals surface area contributed by atoms with Crippen LogP contribution in [0.2, 0.25) is 0 Å². The van der Waals surface area contributed by atoms with Gasteiger partial charge in [0.2, 0.25) is 0 Å². The van der Waals surface area contributed by atoms with Crippen LogP contribution in [0.3, 0.4) is 0 Å². The number of rotatable bonds is 8. The number of hydrogen-bond donors (Lipinski definition) is 2. The minimum Gasteiger partial charge on any atom is -0.380 e. The SMILES string of the molecule is CCNC(=NCc1ccccc1COC)NCc1cc(C(C)C)no1. The summed E-state index contributed by atoms with van der Waals surface area (Å²) in [6, 6.07) is 10.2. The molecule has 2 aromatic rings. The largest absolute Gasteiger partial charge is 0.380 e. The van der Waals surface area contributed by atoms with E-state index in [1.807, 2.05) is 25.1 Å². The Labute approximate surface area is 149 Å². The van der Waals surface area contributed by atoms with Gasteiger partial charge in [0.05, 0.1) is 25.4 Å². The first-order valence-electron chi connectivity index (χ1n) is 8.67. The van der Waals surface area contributed by atoms with Crippen LogP contribution in [0.1, 0.15) is 49.3 Å². The summed E-state index contributed by atoms with van der Waals surface area (Å²) < 4.78 is 10.6. The molecule has 0 saturated heterocycles. The minimum absolute atomic E-state index is 0.358. The summed E-state index contributed by atoms with van der Waals surface area (Å²) in [5.74, 6) is 1.91. The molecule has 2 rings (SSSR count). The number of benzene rings is 1. The zero-order valence-electron chi connectivity index (χ0n) is 15.5. The van der Waals surface area contributed by atoms with E-state index in [1.165, 1.54) is 0 Å². The summed E-state index contributed by atoms with van der Waals surface area (Å²) in [4.78, 5) is 4.66. The summed E-state index contributed by atoms with van der Waals surface area (Å²) in [6.07, 6.45) is 0. The fourth-order valence-corrected chi connectivity index (χ4v) is 2.37. The summed E-state index contributed by atoms with van der Waals surface area (Å²) in [5, 5.41) is 10.6. The van der Waals surface area contributed by atoms with Crippen molar-refractivity contribution in [2.45, 2.75) is 46.4 Å². The number of nitrogens with zero attached hydrogens (tertiary/aromatic N) is 2. The zero-order chi connectivity index (χ0) is 18.1. The second-order valence-corrected chi connectivity index (χ2v) is 6.12. The number of methoxy groups -OCH3 is 1. The topological polar surface area (TPSA) is 71.7 Å². The van der Waals surface area contributed by atoms with Gasteiger partial charge in [-0.1, -0.05) is 43.3 Å². The lowest BCUT2D eigenvalue weighted by atomic mass is 10.1. The molecule has 25 heavy (non-hydrogen) atoms.